The fraction of sp³-hybridized carbons (Fsp3) is 0.190. The standard InChI is InChI=1S/C21H22N2O3S/c1-15-7-9-17(10-8-15)14-22-21(24)16(2)23-27(25,26)20-12-11-18-5-3-4-6-19(18)13-20/h3-13,16,23H,14H2,1-2H3,(H,22,24). The van der Waals surface area contributed by atoms with Crippen LogP contribution in [-0.2, 0) is 21.4 Å². The second kappa shape index (κ2) is 7.90. The molecular weight excluding hydrogens is 360 g/mol. The molecule has 27 heavy (non-hydrogen) atoms. The maximum atomic E-state index is 12.6. The molecule has 1 unspecified atom stereocenters. The molecule has 0 aromatic heterocycles. The Morgan fingerprint density at radius 2 is 1.63 bits per heavy atom. The first-order chi connectivity index (χ1) is 12.8. The number of carbonyl (C=O) groups excluding carboxylic acids is 1. The molecule has 0 heterocycles. The molecule has 3 aromatic rings. The van der Waals surface area contributed by atoms with Gasteiger partial charge in [0.25, 0.3) is 0 Å². The van der Waals surface area contributed by atoms with Crippen LogP contribution in [0.5, 0.6) is 0 Å². The second-order valence-electron chi connectivity index (χ2n) is 6.56. The maximum Gasteiger partial charge on any atom is 0.241 e. The van der Waals surface area contributed by atoms with Crippen molar-refractivity contribution >= 4 is 26.7 Å². The summed E-state index contributed by atoms with van der Waals surface area (Å²) in [6, 6.07) is 19.3. The highest BCUT2D eigenvalue weighted by molar-refractivity contribution is 7.89. The minimum atomic E-state index is -3.80. The number of rotatable bonds is 6. The summed E-state index contributed by atoms with van der Waals surface area (Å²) in [6.07, 6.45) is 0. The van der Waals surface area contributed by atoms with E-state index in [1.807, 2.05) is 55.5 Å². The van der Waals surface area contributed by atoms with Crippen molar-refractivity contribution in [2.24, 2.45) is 0 Å². The third kappa shape index (κ3) is 4.72. The molecule has 0 saturated carbocycles. The van der Waals surface area contributed by atoms with Crippen LogP contribution in [0.15, 0.2) is 71.6 Å². The lowest BCUT2D eigenvalue weighted by Gasteiger charge is -2.15. The molecule has 2 N–H and O–H groups in total. The van der Waals surface area contributed by atoms with E-state index in [2.05, 4.69) is 10.0 Å². The topological polar surface area (TPSA) is 75.3 Å². The Hall–Kier alpha value is -2.70. The van der Waals surface area contributed by atoms with Crippen LogP contribution in [-0.4, -0.2) is 20.4 Å². The third-order valence-electron chi connectivity index (χ3n) is 4.34. The summed E-state index contributed by atoms with van der Waals surface area (Å²) < 4.78 is 27.7. The van der Waals surface area contributed by atoms with Crippen LogP contribution >= 0.6 is 0 Å². The van der Waals surface area contributed by atoms with Gasteiger partial charge in [0, 0.05) is 6.54 Å². The van der Waals surface area contributed by atoms with E-state index in [4.69, 9.17) is 0 Å². The summed E-state index contributed by atoms with van der Waals surface area (Å²) in [5.74, 6) is -0.375. The lowest BCUT2D eigenvalue weighted by Crippen LogP contribution is -2.44. The van der Waals surface area contributed by atoms with Crippen molar-refractivity contribution in [3.8, 4) is 0 Å². The predicted octanol–water partition coefficient (Wildman–Crippen LogP) is 3.13. The molecule has 3 aromatic carbocycles. The molecule has 5 nitrogen and oxygen atoms in total. The zero-order chi connectivity index (χ0) is 19.4. The fourth-order valence-corrected chi connectivity index (χ4v) is 3.97. The minimum absolute atomic E-state index is 0.138. The van der Waals surface area contributed by atoms with E-state index in [9.17, 15) is 13.2 Å². The van der Waals surface area contributed by atoms with Gasteiger partial charge in [-0.25, -0.2) is 8.42 Å². The van der Waals surface area contributed by atoms with Gasteiger partial charge in [0.05, 0.1) is 10.9 Å². The molecular formula is C21H22N2O3S. The van der Waals surface area contributed by atoms with E-state index in [0.29, 0.717) is 6.54 Å². The summed E-state index contributed by atoms with van der Waals surface area (Å²) in [7, 11) is -3.80. The van der Waals surface area contributed by atoms with Gasteiger partial charge in [0.15, 0.2) is 0 Å². The third-order valence-corrected chi connectivity index (χ3v) is 5.88. The van der Waals surface area contributed by atoms with Gasteiger partial charge in [-0.2, -0.15) is 4.72 Å². The van der Waals surface area contributed by atoms with Gasteiger partial charge in [-0.15, -0.1) is 0 Å². The molecule has 0 bridgehead atoms. The van der Waals surface area contributed by atoms with Crippen LogP contribution < -0.4 is 10.0 Å². The molecule has 1 atom stereocenters. The van der Waals surface area contributed by atoms with Crippen molar-refractivity contribution in [3.05, 3.63) is 77.9 Å². The lowest BCUT2D eigenvalue weighted by atomic mass is 10.1. The van der Waals surface area contributed by atoms with Gasteiger partial charge in [-0.3, -0.25) is 4.79 Å². The van der Waals surface area contributed by atoms with E-state index in [0.717, 1.165) is 21.9 Å². The van der Waals surface area contributed by atoms with Gasteiger partial charge < -0.3 is 5.32 Å². The van der Waals surface area contributed by atoms with Crippen LogP contribution in [0.4, 0.5) is 0 Å². The number of hydrogen-bond donors (Lipinski definition) is 2. The molecule has 0 fully saturated rings. The molecule has 0 aliphatic carbocycles. The van der Waals surface area contributed by atoms with Crippen LogP contribution in [0.25, 0.3) is 10.8 Å². The maximum absolute atomic E-state index is 12.6. The highest BCUT2D eigenvalue weighted by Crippen LogP contribution is 2.19. The molecule has 0 aliphatic rings. The first-order valence-electron chi connectivity index (χ1n) is 8.69. The fourth-order valence-electron chi connectivity index (χ4n) is 2.74. The summed E-state index contributed by atoms with van der Waals surface area (Å²) in [5, 5.41) is 4.55. The highest BCUT2D eigenvalue weighted by Gasteiger charge is 2.22. The number of aryl methyl sites for hydroxylation is 1. The normalized spacial score (nSPS) is 12.7. The van der Waals surface area contributed by atoms with E-state index >= 15 is 0 Å². The summed E-state index contributed by atoms with van der Waals surface area (Å²) in [6.45, 7) is 3.87. The molecule has 0 saturated heterocycles. The van der Waals surface area contributed by atoms with Gasteiger partial charge >= 0.3 is 0 Å². The van der Waals surface area contributed by atoms with Crippen LogP contribution in [0, 0.1) is 6.92 Å². The van der Waals surface area contributed by atoms with Crippen molar-refractivity contribution < 1.29 is 13.2 Å². The smallest absolute Gasteiger partial charge is 0.241 e. The monoisotopic (exact) mass is 382 g/mol. The number of carbonyl (C=O) groups is 1. The molecule has 0 radical (unpaired) electrons. The molecule has 0 spiro atoms. The van der Waals surface area contributed by atoms with Crippen LogP contribution in [0.3, 0.4) is 0 Å². The van der Waals surface area contributed by atoms with Crippen molar-refractivity contribution in [2.45, 2.75) is 31.3 Å². The van der Waals surface area contributed by atoms with Crippen molar-refractivity contribution in [3.63, 3.8) is 0 Å². The number of sulfonamides is 1. The SMILES string of the molecule is Cc1ccc(CNC(=O)C(C)NS(=O)(=O)c2ccc3ccccc3c2)cc1. The van der Waals surface area contributed by atoms with Crippen LogP contribution in [0.1, 0.15) is 18.1 Å². The van der Waals surface area contributed by atoms with Gasteiger partial charge in [0.2, 0.25) is 15.9 Å². The molecule has 3 rings (SSSR count). The van der Waals surface area contributed by atoms with Gasteiger partial charge in [0.1, 0.15) is 0 Å². The van der Waals surface area contributed by atoms with E-state index in [-0.39, 0.29) is 10.8 Å². The number of nitrogens with one attached hydrogen (secondary N) is 2. The quantitative estimate of drug-likeness (QED) is 0.688. The average molecular weight is 382 g/mol. The molecule has 140 valence electrons. The summed E-state index contributed by atoms with van der Waals surface area (Å²) in [5.41, 5.74) is 2.10. The lowest BCUT2D eigenvalue weighted by molar-refractivity contribution is -0.122. The average Bonchev–Trinajstić information content (AvgIpc) is 2.66. The van der Waals surface area contributed by atoms with Crippen molar-refractivity contribution in [1.29, 1.82) is 0 Å². The number of hydrogen-bond acceptors (Lipinski definition) is 3. The Morgan fingerprint density at radius 1 is 0.963 bits per heavy atom. The Kier molecular flexibility index (Phi) is 5.58. The minimum Gasteiger partial charge on any atom is -0.351 e. The zero-order valence-corrected chi connectivity index (χ0v) is 16.1. The first-order valence-corrected chi connectivity index (χ1v) is 10.2. The molecule has 6 heteroatoms. The highest BCUT2D eigenvalue weighted by atomic mass is 32.2. The van der Waals surface area contributed by atoms with Crippen molar-refractivity contribution in [2.75, 3.05) is 0 Å². The van der Waals surface area contributed by atoms with E-state index in [1.165, 1.54) is 6.92 Å². The van der Waals surface area contributed by atoms with Gasteiger partial charge in [-0.1, -0.05) is 60.2 Å². The Balaban J connectivity index is 1.66. The largest absolute Gasteiger partial charge is 0.351 e. The zero-order valence-electron chi connectivity index (χ0n) is 15.3. The molecule has 1 amide bonds. The number of amides is 1. The van der Waals surface area contributed by atoms with E-state index in [1.54, 1.807) is 18.2 Å². The Labute approximate surface area is 159 Å². The first kappa shape index (κ1) is 19.1. The summed E-state index contributed by atoms with van der Waals surface area (Å²) >= 11 is 0. The Morgan fingerprint density at radius 3 is 2.33 bits per heavy atom. The second-order valence-corrected chi connectivity index (χ2v) is 8.27. The molecule has 0 aliphatic heterocycles. The summed E-state index contributed by atoms with van der Waals surface area (Å²) in [4.78, 5) is 12.4. The van der Waals surface area contributed by atoms with Gasteiger partial charge in [-0.05, 0) is 42.3 Å². The Bertz CT molecular complexity index is 1060. The number of benzene rings is 3. The van der Waals surface area contributed by atoms with E-state index < -0.39 is 16.1 Å². The van der Waals surface area contributed by atoms with Crippen LogP contribution in [0.2, 0.25) is 0 Å². The number of fused-ring (bicyclic) bond motifs is 1. The predicted molar refractivity (Wildman–Crippen MR) is 107 cm³/mol. The van der Waals surface area contributed by atoms with Crippen molar-refractivity contribution in [1.82, 2.24) is 10.0 Å².